The lowest BCUT2D eigenvalue weighted by atomic mass is 9.49. The summed E-state index contributed by atoms with van der Waals surface area (Å²) < 4.78 is 6.93. The third-order valence-corrected chi connectivity index (χ3v) is 12.4. The van der Waals surface area contributed by atoms with Crippen LogP contribution in [0.3, 0.4) is 0 Å². The number of fused-ring (bicyclic) bond motifs is 4. The third-order valence-electron chi connectivity index (χ3n) is 10.9. The Balaban J connectivity index is 1.37. The van der Waals surface area contributed by atoms with E-state index in [0.29, 0.717) is 37.5 Å². The van der Waals surface area contributed by atoms with Crippen LogP contribution in [0.5, 0.6) is 11.5 Å². The molecule has 4 aromatic carbocycles. The van der Waals surface area contributed by atoms with Gasteiger partial charge in [0.25, 0.3) is 0 Å². The van der Waals surface area contributed by atoms with Crippen LogP contribution in [0.2, 0.25) is 5.02 Å². The molecule has 2 aliphatic carbocycles. The number of carbonyl (C=O) groups is 4. The van der Waals surface area contributed by atoms with Gasteiger partial charge in [-0.25, -0.2) is 4.90 Å². The number of hydrogen-bond acceptors (Lipinski definition) is 6. The predicted molar refractivity (Wildman–Crippen MR) is 200 cm³/mol. The maximum atomic E-state index is 15.4. The molecule has 4 aliphatic rings. The lowest BCUT2D eigenvalue weighted by Crippen LogP contribution is -2.53. The van der Waals surface area contributed by atoms with Crippen LogP contribution >= 0.6 is 50.1 Å². The maximum absolute atomic E-state index is 15.4. The molecule has 50 heavy (non-hydrogen) atoms. The average molecular weight is 864 g/mol. The summed E-state index contributed by atoms with van der Waals surface area (Å²) in [7, 11) is 1.46. The molecule has 3 fully saturated rings. The van der Waals surface area contributed by atoms with Crippen LogP contribution in [-0.4, -0.2) is 35.8 Å². The summed E-state index contributed by atoms with van der Waals surface area (Å²) in [6.07, 6.45) is 2.49. The largest absolute Gasteiger partial charge is 0.504 e. The van der Waals surface area contributed by atoms with E-state index in [1.807, 2.05) is 65.1 Å². The lowest BCUT2D eigenvalue weighted by Gasteiger charge is -2.50. The number of phenols is 1. The van der Waals surface area contributed by atoms with Gasteiger partial charge in [-0.1, -0.05) is 75.6 Å². The molecule has 8 rings (SSSR count). The van der Waals surface area contributed by atoms with Crippen LogP contribution in [0.4, 0.5) is 11.4 Å². The number of nitrogens with zero attached hydrogens (tertiary/aromatic N) is 2. The molecule has 0 unspecified atom stereocenters. The number of hydrogen-bond donors (Lipinski definition) is 1. The monoisotopic (exact) mass is 862 g/mol. The quantitative estimate of drug-likeness (QED) is 0.125. The van der Waals surface area contributed by atoms with Crippen molar-refractivity contribution in [2.75, 3.05) is 16.9 Å². The number of ether oxygens (including phenoxy) is 1. The van der Waals surface area contributed by atoms with Crippen molar-refractivity contribution in [1.29, 1.82) is 0 Å². The van der Waals surface area contributed by atoms with Gasteiger partial charge in [0, 0.05) is 15.4 Å². The van der Waals surface area contributed by atoms with E-state index in [1.165, 1.54) is 16.9 Å². The molecule has 252 valence electrons. The number of methoxy groups -OCH3 is 1. The number of phenolic OH excluding ortho intramolecular Hbond substituents is 1. The van der Waals surface area contributed by atoms with E-state index in [9.17, 15) is 19.5 Å². The van der Waals surface area contributed by atoms with Gasteiger partial charge in [0.15, 0.2) is 11.5 Å². The lowest BCUT2D eigenvalue weighted by molar-refractivity contribution is -0.127. The Morgan fingerprint density at radius 1 is 0.860 bits per heavy atom. The molecule has 8 nitrogen and oxygen atoms in total. The van der Waals surface area contributed by atoms with Crippen molar-refractivity contribution in [1.82, 2.24) is 0 Å². The molecular weight excluding hydrogens is 835 g/mol. The highest BCUT2D eigenvalue weighted by atomic mass is 127. The zero-order valence-corrected chi connectivity index (χ0v) is 31.1. The van der Waals surface area contributed by atoms with E-state index in [1.54, 1.807) is 54.6 Å². The first kappa shape index (κ1) is 33.2. The minimum atomic E-state index is -1.43. The Labute approximate surface area is 315 Å². The van der Waals surface area contributed by atoms with E-state index in [-0.39, 0.29) is 29.7 Å². The first-order chi connectivity index (χ1) is 24.1. The molecule has 6 atom stereocenters. The van der Waals surface area contributed by atoms with Crippen LogP contribution in [0.15, 0.2) is 107 Å². The fraction of sp³-hybridized carbons (Fsp3) is 0.231. The van der Waals surface area contributed by atoms with Gasteiger partial charge in [0.2, 0.25) is 23.6 Å². The highest BCUT2D eigenvalue weighted by Gasteiger charge is 2.70. The number of amides is 4. The highest BCUT2D eigenvalue weighted by molar-refractivity contribution is 14.1. The SMILES string of the molecule is COc1cc([C@H]2C3=CC[C@@H]4C(=O)N(c5ccc(Br)cc5)C(=O)[C@@H]4[C@@H]3C[C@H]3C(=O)N(c4cccc(Cl)c4)C(=O)[C@@]23c2ccccc2)cc(I)c1O. The second-order valence-corrected chi connectivity index (χ2v) is 15.6. The second kappa shape index (κ2) is 12.3. The molecule has 2 aliphatic heterocycles. The van der Waals surface area contributed by atoms with Crippen LogP contribution in [0, 0.1) is 27.2 Å². The Bertz CT molecular complexity index is 2140. The van der Waals surface area contributed by atoms with Crippen molar-refractivity contribution in [3.05, 3.63) is 127 Å². The summed E-state index contributed by atoms with van der Waals surface area (Å²) in [5, 5.41) is 11.3. The first-order valence-electron chi connectivity index (χ1n) is 16.2. The molecule has 2 saturated heterocycles. The molecule has 4 amide bonds. The van der Waals surface area contributed by atoms with Crippen molar-refractivity contribution in [3.63, 3.8) is 0 Å². The Hall–Kier alpha value is -4.00. The number of anilines is 2. The van der Waals surface area contributed by atoms with E-state index >= 15 is 4.79 Å². The van der Waals surface area contributed by atoms with Gasteiger partial charge < -0.3 is 9.84 Å². The van der Waals surface area contributed by atoms with Crippen LogP contribution in [0.25, 0.3) is 0 Å². The first-order valence-corrected chi connectivity index (χ1v) is 18.4. The van der Waals surface area contributed by atoms with Gasteiger partial charge in [0.05, 0.1) is 45.2 Å². The average Bonchev–Trinajstić information content (AvgIpc) is 3.50. The van der Waals surface area contributed by atoms with E-state index < -0.39 is 46.8 Å². The van der Waals surface area contributed by atoms with Crippen molar-refractivity contribution in [3.8, 4) is 11.5 Å². The van der Waals surface area contributed by atoms with Gasteiger partial charge in [-0.05, 0) is 107 Å². The predicted octanol–water partition coefficient (Wildman–Crippen LogP) is 7.79. The Morgan fingerprint density at radius 2 is 1.60 bits per heavy atom. The highest BCUT2D eigenvalue weighted by Crippen LogP contribution is 2.65. The van der Waals surface area contributed by atoms with E-state index in [4.69, 9.17) is 16.3 Å². The smallest absolute Gasteiger partial charge is 0.246 e. The van der Waals surface area contributed by atoms with Gasteiger partial charge in [-0.3, -0.25) is 24.1 Å². The standard InChI is InChI=1S/C39H29BrClIN2O6/c1-50-31-17-20(16-30(42)34(31)45)33-26-14-15-27-32(37(48)43(35(27)46)24-12-10-22(40)11-13-24)28(26)19-29-36(47)44(25-9-5-8-23(41)18-25)38(49)39(29,33)21-6-3-2-4-7-21/h2-14,16-18,27-29,32-33,45H,15,19H2,1H3/t27-,28+,29-,32-,33-,39+/m0/s1. The van der Waals surface area contributed by atoms with Crippen molar-refractivity contribution < 1.29 is 29.0 Å². The summed E-state index contributed by atoms with van der Waals surface area (Å²) in [5.41, 5.74) is 1.55. The molecule has 0 spiro atoms. The summed E-state index contributed by atoms with van der Waals surface area (Å²) in [5.74, 6) is -4.72. The summed E-state index contributed by atoms with van der Waals surface area (Å²) in [6, 6.07) is 26.6. The number of halogens is 3. The van der Waals surface area contributed by atoms with Gasteiger partial charge in [0.1, 0.15) is 0 Å². The molecule has 2 heterocycles. The molecule has 0 radical (unpaired) electrons. The summed E-state index contributed by atoms with van der Waals surface area (Å²) in [4.78, 5) is 61.3. The zero-order valence-electron chi connectivity index (χ0n) is 26.6. The molecule has 1 N–H and O–H groups in total. The fourth-order valence-corrected chi connectivity index (χ4v) is 9.95. The zero-order chi connectivity index (χ0) is 35.1. The number of benzene rings is 4. The number of aromatic hydroxyl groups is 1. The van der Waals surface area contributed by atoms with Gasteiger partial charge in [-0.15, -0.1) is 0 Å². The normalized spacial score (nSPS) is 27.2. The van der Waals surface area contributed by atoms with Gasteiger partial charge >= 0.3 is 0 Å². The number of imide groups is 2. The van der Waals surface area contributed by atoms with Crippen LogP contribution < -0.4 is 14.5 Å². The minimum absolute atomic E-state index is 0.0386. The number of carbonyl (C=O) groups excluding carboxylic acids is 4. The molecule has 0 bridgehead atoms. The van der Waals surface area contributed by atoms with Crippen molar-refractivity contribution >= 4 is 85.1 Å². The number of allylic oxidation sites excluding steroid dienone is 2. The van der Waals surface area contributed by atoms with Crippen LogP contribution in [-0.2, 0) is 24.6 Å². The third kappa shape index (κ3) is 4.74. The minimum Gasteiger partial charge on any atom is -0.504 e. The fourth-order valence-electron chi connectivity index (χ4n) is 8.88. The molecule has 4 aromatic rings. The molecule has 1 saturated carbocycles. The molecule has 0 aromatic heterocycles. The van der Waals surface area contributed by atoms with Crippen LogP contribution in [0.1, 0.15) is 29.9 Å². The van der Waals surface area contributed by atoms with Crippen molar-refractivity contribution in [2.24, 2.45) is 23.7 Å². The Kier molecular flexibility index (Phi) is 8.19. The topological polar surface area (TPSA) is 104 Å². The maximum Gasteiger partial charge on any atom is 0.246 e. The summed E-state index contributed by atoms with van der Waals surface area (Å²) in [6.45, 7) is 0. The number of rotatable bonds is 5. The molecular formula is C39H29BrClIN2O6. The second-order valence-electron chi connectivity index (χ2n) is 13.1. The Morgan fingerprint density at radius 3 is 2.30 bits per heavy atom. The van der Waals surface area contributed by atoms with Crippen molar-refractivity contribution in [2.45, 2.75) is 24.2 Å². The van der Waals surface area contributed by atoms with E-state index in [2.05, 4.69) is 15.9 Å². The van der Waals surface area contributed by atoms with Gasteiger partial charge in [-0.2, -0.15) is 0 Å². The summed E-state index contributed by atoms with van der Waals surface area (Å²) >= 11 is 11.9. The van der Waals surface area contributed by atoms with E-state index in [0.717, 1.165) is 10.0 Å². The molecule has 11 heteroatoms.